The quantitative estimate of drug-likeness (QED) is 0.769. The summed E-state index contributed by atoms with van der Waals surface area (Å²) in [7, 11) is 0. The molecule has 0 spiro atoms. The van der Waals surface area contributed by atoms with Crippen molar-refractivity contribution in [2.24, 2.45) is 5.92 Å². The molecular weight excluding hydrogens is 264 g/mol. The summed E-state index contributed by atoms with van der Waals surface area (Å²) in [4.78, 5) is 2.01. The molecular formula is C18H20OS. The zero-order valence-electron chi connectivity index (χ0n) is 12.1. The van der Waals surface area contributed by atoms with Crippen LogP contribution in [-0.4, -0.2) is 4.55 Å². The van der Waals surface area contributed by atoms with Gasteiger partial charge in [0, 0.05) is 28.7 Å². The fourth-order valence-electron chi connectivity index (χ4n) is 2.80. The Morgan fingerprint density at radius 2 is 1.80 bits per heavy atom. The second-order valence-corrected chi connectivity index (χ2v) is 7.30. The van der Waals surface area contributed by atoms with Crippen molar-refractivity contribution in [2.45, 2.75) is 42.9 Å². The van der Waals surface area contributed by atoms with E-state index in [1.807, 2.05) is 24.3 Å². The Kier molecular flexibility index (Phi) is 3.86. The lowest BCUT2D eigenvalue weighted by Gasteiger charge is -2.23. The van der Waals surface area contributed by atoms with Crippen LogP contribution >= 0.6 is 0 Å². The van der Waals surface area contributed by atoms with Crippen LogP contribution in [0, 0.1) is 5.92 Å². The van der Waals surface area contributed by atoms with E-state index in [-0.39, 0.29) is 0 Å². The Bertz CT molecular complexity index is 619. The first-order valence-electron chi connectivity index (χ1n) is 7.27. The Labute approximate surface area is 124 Å². The van der Waals surface area contributed by atoms with Gasteiger partial charge in [-0.15, -0.1) is 0 Å². The summed E-state index contributed by atoms with van der Waals surface area (Å²) in [6.45, 7) is 4.51. The van der Waals surface area contributed by atoms with Crippen molar-refractivity contribution in [2.75, 3.05) is 0 Å². The zero-order chi connectivity index (χ0) is 14.1. The van der Waals surface area contributed by atoms with E-state index in [4.69, 9.17) is 0 Å². The Hall–Kier alpha value is -1.25. The SMILES string of the molecule is CC(C)CCc1cccc2c1Cc1ccccc1[S+]2[O-]. The van der Waals surface area contributed by atoms with Crippen LogP contribution in [0.3, 0.4) is 0 Å². The monoisotopic (exact) mass is 284 g/mol. The van der Waals surface area contributed by atoms with E-state index in [0.29, 0.717) is 5.92 Å². The molecule has 2 aromatic rings. The predicted octanol–water partition coefficient (Wildman–Crippen LogP) is 4.35. The molecule has 104 valence electrons. The predicted molar refractivity (Wildman–Crippen MR) is 83.5 cm³/mol. The average Bonchev–Trinajstić information content (AvgIpc) is 2.45. The summed E-state index contributed by atoms with van der Waals surface area (Å²) in [5.74, 6) is 0.701. The molecule has 2 aromatic carbocycles. The van der Waals surface area contributed by atoms with Crippen molar-refractivity contribution in [1.29, 1.82) is 0 Å². The van der Waals surface area contributed by atoms with Gasteiger partial charge in [0.2, 0.25) is 0 Å². The highest BCUT2D eigenvalue weighted by Gasteiger charge is 2.29. The second-order valence-electron chi connectivity index (χ2n) is 5.88. The van der Waals surface area contributed by atoms with Gasteiger partial charge in [-0.05, 0) is 36.5 Å². The molecule has 1 heterocycles. The van der Waals surface area contributed by atoms with E-state index >= 15 is 0 Å². The molecule has 0 radical (unpaired) electrons. The second kappa shape index (κ2) is 5.63. The minimum Gasteiger partial charge on any atom is -0.606 e. The van der Waals surface area contributed by atoms with E-state index in [1.54, 1.807) is 0 Å². The van der Waals surface area contributed by atoms with Crippen molar-refractivity contribution in [3.63, 3.8) is 0 Å². The Morgan fingerprint density at radius 3 is 2.60 bits per heavy atom. The molecule has 0 bridgehead atoms. The van der Waals surface area contributed by atoms with E-state index in [1.165, 1.54) is 23.1 Å². The summed E-state index contributed by atoms with van der Waals surface area (Å²) in [5.41, 5.74) is 3.89. The largest absolute Gasteiger partial charge is 0.606 e. The number of benzene rings is 2. The third-order valence-electron chi connectivity index (χ3n) is 3.96. The van der Waals surface area contributed by atoms with Crippen LogP contribution in [0.15, 0.2) is 52.3 Å². The lowest BCUT2D eigenvalue weighted by Crippen LogP contribution is -2.16. The van der Waals surface area contributed by atoms with Gasteiger partial charge in [0.15, 0.2) is 9.79 Å². The Balaban J connectivity index is 1.99. The van der Waals surface area contributed by atoms with Crippen LogP contribution in [0.2, 0.25) is 0 Å². The lowest BCUT2D eigenvalue weighted by molar-refractivity contribution is 0.580. The number of fused-ring (bicyclic) bond motifs is 2. The maximum atomic E-state index is 12.7. The lowest BCUT2D eigenvalue weighted by atomic mass is 9.94. The molecule has 1 aliphatic heterocycles. The number of aryl methyl sites for hydroxylation is 1. The van der Waals surface area contributed by atoms with E-state index in [2.05, 4.69) is 32.0 Å². The highest BCUT2D eigenvalue weighted by Crippen LogP contribution is 2.36. The fourth-order valence-corrected chi connectivity index (χ4v) is 4.25. The third kappa shape index (κ3) is 2.50. The van der Waals surface area contributed by atoms with Gasteiger partial charge in [-0.25, -0.2) is 0 Å². The molecule has 1 aliphatic rings. The molecule has 0 aromatic heterocycles. The van der Waals surface area contributed by atoms with Crippen LogP contribution in [0.4, 0.5) is 0 Å². The van der Waals surface area contributed by atoms with Crippen LogP contribution in [0.25, 0.3) is 0 Å². The summed E-state index contributed by atoms with van der Waals surface area (Å²) in [6.07, 6.45) is 3.19. The van der Waals surface area contributed by atoms with Gasteiger partial charge in [0.05, 0.1) is 0 Å². The standard InChI is InChI=1S/C18H20OS/c1-13(2)10-11-14-7-5-9-18-16(14)12-15-6-3-4-8-17(15)20(18)19/h3-9,13H,10-12H2,1-2H3. The maximum Gasteiger partial charge on any atom is 0.162 e. The van der Waals surface area contributed by atoms with Crippen LogP contribution < -0.4 is 0 Å². The molecule has 0 saturated carbocycles. The van der Waals surface area contributed by atoms with Crippen molar-refractivity contribution in [3.05, 3.63) is 59.2 Å². The van der Waals surface area contributed by atoms with Gasteiger partial charge in [0.25, 0.3) is 0 Å². The van der Waals surface area contributed by atoms with Gasteiger partial charge < -0.3 is 4.55 Å². The van der Waals surface area contributed by atoms with Gasteiger partial charge >= 0.3 is 0 Å². The van der Waals surface area contributed by atoms with Crippen LogP contribution in [-0.2, 0) is 24.0 Å². The minimum absolute atomic E-state index is 0.701. The highest BCUT2D eigenvalue weighted by molar-refractivity contribution is 7.91. The van der Waals surface area contributed by atoms with Crippen LogP contribution in [0.1, 0.15) is 37.0 Å². The minimum atomic E-state index is -1.01. The summed E-state index contributed by atoms with van der Waals surface area (Å²) < 4.78 is 12.7. The molecule has 1 nitrogen and oxygen atoms in total. The molecule has 1 unspecified atom stereocenters. The van der Waals surface area contributed by atoms with Gasteiger partial charge in [-0.1, -0.05) is 44.2 Å². The first kappa shape index (κ1) is 13.7. The molecule has 1 atom stereocenters. The summed E-state index contributed by atoms with van der Waals surface area (Å²) >= 11 is -1.01. The molecule has 2 heteroatoms. The van der Waals surface area contributed by atoms with E-state index in [9.17, 15) is 4.55 Å². The fraction of sp³-hybridized carbons (Fsp3) is 0.333. The van der Waals surface area contributed by atoms with Crippen molar-refractivity contribution >= 4 is 11.2 Å². The molecule has 0 amide bonds. The van der Waals surface area contributed by atoms with Gasteiger partial charge in [-0.2, -0.15) is 0 Å². The van der Waals surface area contributed by atoms with Crippen molar-refractivity contribution in [3.8, 4) is 0 Å². The third-order valence-corrected chi connectivity index (χ3v) is 5.54. The van der Waals surface area contributed by atoms with Crippen LogP contribution in [0.5, 0.6) is 0 Å². The normalized spacial score (nSPS) is 16.9. The topological polar surface area (TPSA) is 23.1 Å². The van der Waals surface area contributed by atoms with E-state index < -0.39 is 11.2 Å². The molecule has 0 fully saturated rings. The first-order chi connectivity index (χ1) is 9.66. The molecule has 0 aliphatic carbocycles. The first-order valence-corrected chi connectivity index (χ1v) is 8.42. The number of hydrogen-bond donors (Lipinski definition) is 0. The maximum absolute atomic E-state index is 12.7. The number of rotatable bonds is 3. The Morgan fingerprint density at radius 1 is 1.05 bits per heavy atom. The smallest absolute Gasteiger partial charge is 0.162 e. The molecule has 0 saturated heterocycles. The molecule has 0 N–H and O–H groups in total. The number of hydrogen-bond acceptors (Lipinski definition) is 1. The average molecular weight is 284 g/mol. The summed E-state index contributed by atoms with van der Waals surface area (Å²) in [5, 5.41) is 0. The van der Waals surface area contributed by atoms with Gasteiger partial charge in [0.1, 0.15) is 0 Å². The highest BCUT2D eigenvalue weighted by atomic mass is 32.2. The van der Waals surface area contributed by atoms with Gasteiger partial charge in [-0.3, -0.25) is 0 Å². The molecule has 3 rings (SSSR count). The van der Waals surface area contributed by atoms with Crippen molar-refractivity contribution < 1.29 is 4.55 Å². The zero-order valence-corrected chi connectivity index (χ0v) is 12.9. The van der Waals surface area contributed by atoms with E-state index in [0.717, 1.165) is 22.6 Å². The summed E-state index contributed by atoms with van der Waals surface area (Å²) in [6, 6.07) is 14.4. The molecule has 20 heavy (non-hydrogen) atoms. The van der Waals surface area contributed by atoms with Crippen molar-refractivity contribution in [1.82, 2.24) is 0 Å².